The van der Waals surface area contributed by atoms with Gasteiger partial charge in [-0.15, -0.1) is 0 Å². The molecule has 3 N–H and O–H groups in total. The van der Waals surface area contributed by atoms with Crippen LogP contribution in [0.25, 0.3) is 10.8 Å². The zero-order valence-corrected chi connectivity index (χ0v) is 14.9. The Hall–Kier alpha value is -2.94. The van der Waals surface area contributed by atoms with Gasteiger partial charge in [-0.2, -0.15) is 18.2 Å². The van der Waals surface area contributed by atoms with E-state index >= 15 is 0 Å². The molecule has 6 nitrogen and oxygen atoms in total. The van der Waals surface area contributed by atoms with Gasteiger partial charge in [-0.3, -0.25) is 0 Å². The van der Waals surface area contributed by atoms with Crippen LogP contribution >= 0.6 is 0 Å². The van der Waals surface area contributed by atoms with Gasteiger partial charge >= 0.3 is 6.18 Å². The fourth-order valence-electron chi connectivity index (χ4n) is 3.18. The molecule has 0 unspecified atom stereocenters. The first-order chi connectivity index (χ1) is 13.5. The van der Waals surface area contributed by atoms with Crippen LogP contribution in [0, 0.1) is 0 Å². The van der Waals surface area contributed by atoms with E-state index in [1.165, 1.54) is 0 Å². The first-order valence-corrected chi connectivity index (χ1v) is 9.02. The van der Waals surface area contributed by atoms with E-state index in [9.17, 15) is 13.2 Å². The van der Waals surface area contributed by atoms with E-state index in [-0.39, 0.29) is 23.6 Å². The van der Waals surface area contributed by atoms with Gasteiger partial charge in [0.05, 0.1) is 0 Å². The summed E-state index contributed by atoms with van der Waals surface area (Å²) in [5.74, 6) is 0.120. The smallest absolute Gasteiger partial charge is 0.350 e. The van der Waals surface area contributed by atoms with E-state index in [0.29, 0.717) is 0 Å². The van der Waals surface area contributed by atoms with Crippen LogP contribution in [-0.2, 0) is 6.18 Å². The Morgan fingerprint density at radius 3 is 2.64 bits per heavy atom. The number of hydrogen-bond acceptors (Lipinski definition) is 6. The first kappa shape index (κ1) is 18.4. The highest BCUT2D eigenvalue weighted by Crippen LogP contribution is 2.35. The molecule has 9 heteroatoms. The van der Waals surface area contributed by atoms with Crippen molar-refractivity contribution in [1.29, 1.82) is 0 Å². The third-order valence-electron chi connectivity index (χ3n) is 4.60. The maximum absolute atomic E-state index is 13.4. The first-order valence-electron chi connectivity index (χ1n) is 9.02. The molecule has 0 spiro atoms. The Bertz CT molecular complexity index is 969. The molecule has 4 rings (SSSR count). The van der Waals surface area contributed by atoms with Crippen LogP contribution in [0.3, 0.4) is 0 Å². The molecule has 1 atom stereocenters. The number of rotatable bonds is 4. The monoisotopic (exact) mass is 388 g/mol. The molecule has 0 amide bonds. The predicted molar refractivity (Wildman–Crippen MR) is 102 cm³/mol. The Kier molecular flexibility index (Phi) is 4.99. The van der Waals surface area contributed by atoms with Gasteiger partial charge in [-0.25, -0.2) is 9.97 Å². The molecule has 3 aromatic rings. The number of nitrogens with zero attached hydrogens (tertiary/aromatic N) is 3. The lowest BCUT2D eigenvalue weighted by Gasteiger charge is -2.24. The Morgan fingerprint density at radius 2 is 1.89 bits per heavy atom. The highest BCUT2D eigenvalue weighted by atomic mass is 19.4. The van der Waals surface area contributed by atoms with E-state index in [2.05, 4.69) is 30.9 Å². The fraction of sp³-hybridized carbons (Fsp3) is 0.316. The number of nitrogens with one attached hydrogen (secondary N) is 3. The summed E-state index contributed by atoms with van der Waals surface area (Å²) in [6, 6.07) is 9.26. The van der Waals surface area contributed by atoms with E-state index in [1.807, 2.05) is 24.3 Å². The summed E-state index contributed by atoms with van der Waals surface area (Å²) in [7, 11) is 0. The standard InChI is InChI=1S/C19H19F3N6/c20-19(21,22)15-11-25-18(26-14-6-3-7-23-10-14)28-17(15)27-16-8-12-4-1-2-5-13(12)9-24-16/h1-2,4-5,8-9,11,14,23H,3,6-7,10H2,(H2,24,25,26,27,28)/t14-/m0/s1. The van der Waals surface area contributed by atoms with Gasteiger partial charge in [0.15, 0.2) is 0 Å². The second kappa shape index (κ2) is 7.59. The highest BCUT2D eigenvalue weighted by molar-refractivity contribution is 5.84. The molecule has 1 saturated heterocycles. The molecule has 28 heavy (non-hydrogen) atoms. The Morgan fingerprint density at radius 1 is 1.07 bits per heavy atom. The molecule has 3 heterocycles. The summed E-state index contributed by atoms with van der Waals surface area (Å²) in [6.45, 7) is 1.66. The van der Waals surface area contributed by atoms with Crippen molar-refractivity contribution in [3.8, 4) is 0 Å². The van der Waals surface area contributed by atoms with Crippen LogP contribution in [-0.4, -0.2) is 34.1 Å². The second-order valence-electron chi connectivity index (χ2n) is 6.68. The fourth-order valence-corrected chi connectivity index (χ4v) is 3.18. The molecule has 0 bridgehead atoms. The summed E-state index contributed by atoms with van der Waals surface area (Å²) >= 11 is 0. The van der Waals surface area contributed by atoms with Crippen molar-refractivity contribution >= 4 is 28.4 Å². The molecule has 1 fully saturated rings. The van der Waals surface area contributed by atoms with E-state index in [1.54, 1.807) is 12.3 Å². The molecule has 1 aromatic carbocycles. The summed E-state index contributed by atoms with van der Waals surface area (Å²) < 4.78 is 40.3. The highest BCUT2D eigenvalue weighted by Gasteiger charge is 2.35. The molecule has 0 aliphatic carbocycles. The number of anilines is 3. The number of halogens is 3. The average molecular weight is 388 g/mol. The number of fused-ring (bicyclic) bond motifs is 1. The molecular weight excluding hydrogens is 369 g/mol. The Balaban J connectivity index is 1.64. The van der Waals surface area contributed by atoms with Crippen LogP contribution in [0.1, 0.15) is 18.4 Å². The molecule has 2 aromatic heterocycles. The minimum atomic E-state index is -4.58. The minimum absolute atomic E-state index is 0.0807. The maximum Gasteiger partial charge on any atom is 0.421 e. The number of aromatic nitrogens is 3. The zero-order valence-electron chi connectivity index (χ0n) is 14.9. The number of hydrogen-bond donors (Lipinski definition) is 3. The van der Waals surface area contributed by atoms with Gasteiger partial charge in [0.25, 0.3) is 0 Å². The third kappa shape index (κ3) is 4.14. The Labute approximate surface area is 159 Å². The lowest BCUT2D eigenvalue weighted by Crippen LogP contribution is -2.38. The van der Waals surface area contributed by atoms with E-state index in [0.717, 1.165) is 42.9 Å². The lowest BCUT2D eigenvalue weighted by molar-refractivity contribution is -0.137. The summed E-state index contributed by atoms with van der Waals surface area (Å²) in [4.78, 5) is 12.1. The molecule has 0 radical (unpaired) electrons. The van der Waals surface area contributed by atoms with Crippen molar-refractivity contribution in [2.75, 3.05) is 23.7 Å². The quantitative estimate of drug-likeness (QED) is 0.628. The van der Waals surface area contributed by atoms with Gasteiger partial charge in [-0.05, 0) is 30.8 Å². The van der Waals surface area contributed by atoms with E-state index in [4.69, 9.17) is 0 Å². The summed E-state index contributed by atoms with van der Waals surface area (Å²) in [6.07, 6.45) is -0.269. The van der Waals surface area contributed by atoms with Crippen LogP contribution < -0.4 is 16.0 Å². The van der Waals surface area contributed by atoms with Gasteiger partial charge < -0.3 is 16.0 Å². The minimum Gasteiger partial charge on any atom is -0.350 e. The number of piperidine rings is 1. The van der Waals surface area contributed by atoms with Crippen LogP contribution in [0.4, 0.5) is 30.8 Å². The third-order valence-corrected chi connectivity index (χ3v) is 4.60. The molecule has 1 aliphatic rings. The molecule has 1 aliphatic heterocycles. The van der Waals surface area contributed by atoms with Crippen molar-refractivity contribution in [2.45, 2.75) is 25.1 Å². The molecule has 0 saturated carbocycles. The zero-order chi connectivity index (χ0) is 19.6. The number of alkyl halides is 3. The number of pyridine rings is 1. The van der Waals surface area contributed by atoms with E-state index < -0.39 is 11.7 Å². The van der Waals surface area contributed by atoms with Crippen molar-refractivity contribution < 1.29 is 13.2 Å². The van der Waals surface area contributed by atoms with Crippen LogP contribution in [0.5, 0.6) is 0 Å². The molecule has 146 valence electrons. The topological polar surface area (TPSA) is 74.8 Å². The van der Waals surface area contributed by atoms with Crippen molar-refractivity contribution in [3.63, 3.8) is 0 Å². The van der Waals surface area contributed by atoms with Crippen LogP contribution in [0.2, 0.25) is 0 Å². The van der Waals surface area contributed by atoms with Crippen molar-refractivity contribution in [2.24, 2.45) is 0 Å². The average Bonchev–Trinajstić information content (AvgIpc) is 2.68. The van der Waals surface area contributed by atoms with Crippen molar-refractivity contribution in [1.82, 2.24) is 20.3 Å². The summed E-state index contributed by atoms with van der Waals surface area (Å²) in [5, 5.41) is 10.8. The summed E-state index contributed by atoms with van der Waals surface area (Å²) in [5.41, 5.74) is -0.935. The molecular formula is C19H19F3N6. The lowest BCUT2D eigenvalue weighted by atomic mass is 10.1. The largest absolute Gasteiger partial charge is 0.421 e. The van der Waals surface area contributed by atoms with Gasteiger partial charge in [-0.1, -0.05) is 24.3 Å². The van der Waals surface area contributed by atoms with Gasteiger partial charge in [0.1, 0.15) is 17.2 Å². The normalized spacial score (nSPS) is 17.5. The van der Waals surface area contributed by atoms with Gasteiger partial charge in [0, 0.05) is 30.4 Å². The second-order valence-corrected chi connectivity index (χ2v) is 6.68. The maximum atomic E-state index is 13.4. The van der Waals surface area contributed by atoms with Crippen LogP contribution in [0.15, 0.2) is 42.7 Å². The van der Waals surface area contributed by atoms with Gasteiger partial charge in [0.2, 0.25) is 5.95 Å². The predicted octanol–water partition coefficient (Wildman–Crippen LogP) is 3.95. The van der Waals surface area contributed by atoms with Crippen molar-refractivity contribution in [3.05, 3.63) is 48.3 Å². The number of benzene rings is 1. The SMILES string of the molecule is FC(F)(F)c1cnc(N[C@H]2CCCNC2)nc1Nc1cc2ccccc2cn1.